The Morgan fingerprint density at radius 3 is 1.68 bits per heavy atom. The second-order valence-electron chi connectivity index (χ2n) is 6.72. The summed E-state index contributed by atoms with van der Waals surface area (Å²) in [7, 11) is -2.43. The van der Waals surface area contributed by atoms with Crippen molar-refractivity contribution in [2.75, 3.05) is 0 Å². The number of rotatable bonds is 4. The molecular formula is C25H21FNP. The molecule has 28 heavy (non-hydrogen) atoms. The van der Waals surface area contributed by atoms with E-state index in [1.165, 1.54) is 11.6 Å². The van der Waals surface area contributed by atoms with Gasteiger partial charge in [0.1, 0.15) is 5.82 Å². The third-order valence-corrected chi connectivity index (χ3v) is 8.39. The van der Waals surface area contributed by atoms with E-state index in [1.54, 1.807) is 12.1 Å². The Balaban J connectivity index is 2.13. The molecule has 0 N–H and O–H groups in total. The van der Waals surface area contributed by atoms with Gasteiger partial charge in [0.15, 0.2) is 0 Å². The Morgan fingerprint density at radius 1 is 0.607 bits per heavy atom. The number of benzene rings is 4. The summed E-state index contributed by atoms with van der Waals surface area (Å²) in [5.41, 5.74) is 2.09. The molecule has 4 aromatic rings. The van der Waals surface area contributed by atoms with E-state index >= 15 is 0 Å². The highest BCUT2D eigenvalue weighted by atomic mass is 31.2. The highest BCUT2D eigenvalue weighted by Gasteiger charge is 2.27. The summed E-state index contributed by atoms with van der Waals surface area (Å²) in [5, 5.41) is 3.12. The van der Waals surface area contributed by atoms with Gasteiger partial charge in [-0.1, -0.05) is 90.5 Å². The normalized spacial score (nSPS) is 11.2. The maximum Gasteiger partial charge on any atom is 0.123 e. The molecule has 0 saturated heterocycles. The van der Waals surface area contributed by atoms with E-state index in [0.717, 1.165) is 21.6 Å². The molecule has 0 fully saturated rings. The second-order valence-corrected chi connectivity index (χ2v) is 9.74. The number of hydrogen-bond acceptors (Lipinski definition) is 1. The molecule has 1 nitrogen and oxygen atoms in total. The van der Waals surface area contributed by atoms with Crippen LogP contribution in [-0.4, -0.2) is 0 Å². The van der Waals surface area contributed by atoms with Crippen molar-refractivity contribution in [2.45, 2.75) is 6.92 Å². The molecule has 4 aromatic carbocycles. The van der Waals surface area contributed by atoms with Crippen molar-refractivity contribution in [3.8, 4) is 0 Å². The van der Waals surface area contributed by atoms with Gasteiger partial charge in [-0.05, 0) is 31.2 Å². The lowest BCUT2D eigenvalue weighted by Crippen LogP contribution is -2.25. The lowest BCUT2D eigenvalue weighted by Gasteiger charge is -2.27. The Morgan fingerprint density at radius 2 is 1.14 bits per heavy atom. The van der Waals surface area contributed by atoms with Gasteiger partial charge in [0.2, 0.25) is 0 Å². The molecule has 0 saturated carbocycles. The van der Waals surface area contributed by atoms with E-state index < -0.39 is 7.05 Å². The summed E-state index contributed by atoms with van der Waals surface area (Å²) in [4.78, 5) is 0. The first-order valence-corrected chi connectivity index (χ1v) is 11.0. The van der Waals surface area contributed by atoms with Crippen LogP contribution in [0.2, 0.25) is 0 Å². The zero-order chi connectivity index (χ0) is 19.4. The summed E-state index contributed by atoms with van der Waals surface area (Å²) in [5.74, 6) is -0.243. The van der Waals surface area contributed by atoms with Gasteiger partial charge in [0.25, 0.3) is 0 Å². The predicted octanol–water partition coefficient (Wildman–Crippen LogP) is 5.94. The molecule has 0 aliphatic rings. The lowest BCUT2D eigenvalue weighted by atomic mass is 10.2. The largest absolute Gasteiger partial charge is 0.254 e. The first kappa shape index (κ1) is 18.4. The van der Waals surface area contributed by atoms with Gasteiger partial charge in [0.05, 0.1) is 12.7 Å². The minimum Gasteiger partial charge on any atom is -0.254 e. The predicted molar refractivity (Wildman–Crippen MR) is 118 cm³/mol. The van der Waals surface area contributed by atoms with Crippen molar-refractivity contribution in [1.82, 2.24) is 0 Å². The quantitative estimate of drug-likeness (QED) is 0.385. The van der Waals surface area contributed by atoms with Crippen LogP contribution in [0.3, 0.4) is 0 Å². The van der Waals surface area contributed by atoms with Crippen molar-refractivity contribution >= 4 is 28.7 Å². The van der Waals surface area contributed by atoms with Gasteiger partial charge in [-0.25, -0.2) is 4.39 Å². The van der Waals surface area contributed by atoms with Crippen LogP contribution in [0.15, 0.2) is 114 Å². The summed E-state index contributed by atoms with van der Waals surface area (Å²) < 4.78 is 19.6. The zero-order valence-corrected chi connectivity index (χ0v) is 16.6. The number of hydrogen-bond donors (Lipinski definition) is 0. The number of halogens is 1. The molecule has 0 spiro atoms. The average Bonchev–Trinajstić information content (AvgIpc) is 2.75. The Labute approximate surface area is 165 Å². The highest BCUT2D eigenvalue weighted by Crippen LogP contribution is 2.49. The summed E-state index contributed by atoms with van der Waals surface area (Å²) >= 11 is 0. The van der Waals surface area contributed by atoms with Crippen LogP contribution in [-0.2, 0) is 0 Å². The minimum atomic E-state index is -2.43. The average molecular weight is 385 g/mol. The van der Waals surface area contributed by atoms with Crippen LogP contribution < -0.4 is 15.9 Å². The van der Waals surface area contributed by atoms with Crippen LogP contribution in [0, 0.1) is 12.7 Å². The molecule has 0 aliphatic heterocycles. The molecule has 0 amide bonds. The van der Waals surface area contributed by atoms with Gasteiger partial charge in [0, 0.05) is 15.9 Å². The lowest BCUT2D eigenvalue weighted by molar-refractivity contribution is 0.629. The molecule has 0 atom stereocenters. The maximum absolute atomic E-state index is 14.3. The van der Waals surface area contributed by atoms with Crippen LogP contribution in [0.5, 0.6) is 0 Å². The first-order valence-electron chi connectivity index (χ1n) is 9.25. The zero-order valence-electron chi connectivity index (χ0n) is 15.7. The topological polar surface area (TPSA) is 12.4 Å². The van der Waals surface area contributed by atoms with Crippen molar-refractivity contribution < 1.29 is 4.39 Å². The first-order chi connectivity index (χ1) is 13.7. The summed E-state index contributed by atoms with van der Waals surface area (Å²) in [6.07, 6.45) is 0. The van der Waals surface area contributed by atoms with Crippen LogP contribution in [0.25, 0.3) is 0 Å². The summed E-state index contributed by atoms with van der Waals surface area (Å²) in [6.45, 7) is 2.06. The van der Waals surface area contributed by atoms with E-state index in [2.05, 4.69) is 43.3 Å². The van der Waals surface area contributed by atoms with Crippen LogP contribution in [0.4, 0.5) is 10.1 Å². The number of nitrogens with zero attached hydrogens (tertiary/aromatic N) is 1. The van der Waals surface area contributed by atoms with Gasteiger partial charge < -0.3 is 0 Å². The molecule has 0 aromatic heterocycles. The van der Waals surface area contributed by atoms with E-state index in [1.807, 2.05) is 54.6 Å². The maximum atomic E-state index is 14.3. The molecule has 0 radical (unpaired) electrons. The van der Waals surface area contributed by atoms with Crippen molar-refractivity contribution in [1.29, 1.82) is 0 Å². The fourth-order valence-corrected chi connectivity index (χ4v) is 6.91. The van der Waals surface area contributed by atoms with Gasteiger partial charge >= 0.3 is 0 Å². The molecule has 0 bridgehead atoms. The molecular weight excluding hydrogens is 364 g/mol. The third-order valence-electron chi connectivity index (χ3n) is 4.74. The Hall–Kier alpha value is -2.96. The van der Waals surface area contributed by atoms with Crippen LogP contribution >= 0.6 is 7.05 Å². The van der Waals surface area contributed by atoms with Gasteiger partial charge in [-0.2, -0.15) is 0 Å². The molecule has 0 aliphatic carbocycles. The second kappa shape index (κ2) is 7.96. The highest BCUT2D eigenvalue weighted by molar-refractivity contribution is 7.87. The number of aryl methyl sites for hydroxylation is 1. The van der Waals surface area contributed by atoms with E-state index in [4.69, 9.17) is 4.74 Å². The summed E-state index contributed by atoms with van der Waals surface area (Å²) in [6, 6.07) is 35.6. The van der Waals surface area contributed by atoms with Crippen molar-refractivity contribution in [3.63, 3.8) is 0 Å². The van der Waals surface area contributed by atoms with Crippen molar-refractivity contribution in [3.05, 3.63) is 121 Å². The Kier molecular flexibility index (Phi) is 5.23. The van der Waals surface area contributed by atoms with Gasteiger partial charge in [-0.3, -0.25) is 4.74 Å². The SMILES string of the molecule is Cc1ccc(N=P(c2ccccc2)(c2ccccc2)c2cccc(F)c2)cc1. The molecule has 138 valence electrons. The third kappa shape index (κ3) is 3.56. The fraction of sp³-hybridized carbons (Fsp3) is 0.0400. The van der Waals surface area contributed by atoms with Crippen molar-refractivity contribution in [2.24, 2.45) is 4.74 Å². The molecule has 0 heterocycles. The molecule has 4 rings (SSSR count). The fourth-order valence-electron chi connectivity index (χ4n) is 3.37. The van der Waals surface area contributed by atoms with Gasteiger partial charge in [-0.15, -0.1) is 0 Å². The molecule has 3 heteroatoms. The Bertz CT molecular complexity index is 1080. The standard InChI is InChI=1S/C25H21FNP/c1-20-15-17-22(18-16-20)27-28(23-10-4-2-5-11-23,24-12-6-3-7-13-24)25-14-8-9-21(26)19-25/h2-19H,1H3. The van der Waals surface area contributed by atoms with E-state index in [0.29, 0.717) is 0 Å². The van der Waals surface area contributed by atoms with E-state index in [-0.39, 0.29) is 5.82 Å². The minimum absolute atomic E-state index is 0.243. The monoisotopic (exact) mass is 385 g/mol. The van der Waals surface area contributed by atoms with Crippen LogP contribution in [0.1, 0.15) is 5.56 Å². The molecule has 0 unspecified atom stereocenters. The smallest absolute Gasteiger partial charge is 0.123 e. The van der Waals surface area contributed by atoms with E-state index in [9.17, 15) is 4.39 Å².